The Morgan fingerprint density at radius 3 is 2.81 bits per heavy atom. The number of aryl methyl sites for hydroxylation is 1. The number of aliphatic hydroxyl groups excluding tert-OH is 1. The molecule has 0 unspecified atom stereocenters. The normalized spacial score (nSPS) is 11.7. The van der Waals surface area contributed by atoms with Crippen molar-refractivity contribution in [3.05, 3.63) is 40.1 Å². The second-order valence-corrected chi connectivity index (χ2v) is 7.22. The van der Waals surface area contributed by atoms with Crippen molar-refractivity contribution in [2.45, 2.75) is 32.7 Å². The van der Waals surface area contributed by atoms with Crippen molar-refractivity contribution in [2.75, 3.05) is 24.2 Å². The van der Waals surface area contributed by atoms with Gasteiger partial charge in [-0.15, -0.1) is 0 Å². The van der Waals surface area contributed by atoms with Crippen molar-refractivity contribution >= 4 is 34.6 Å². The van der Waals surface area contributed by atoms with Crippen molar-refractivity contribution in [3.63, 3.8) is 0 Å². The second kappa shape index (κ2) is 7.06. The van der Waals surface area contributed by atoms with Gasteiger partial charge in [-0.2, -0.15) is 10.2 Å². The average Bonchev–Trinajstić information content (AvgIpc) is 3.22. The zero-order valence-electron chi connectivity index (χ0n) is 15.4. The lowest BCUT2D eigenvalue weighted by Gasteiger charge is -2.22. The van der Waals surface area contributed by atoms with Crippen LogP contribution in [-0.4, -0.2) is 42.6 Å². The maximum atomic E-state index is 9.44. The monoisotopic (exact) mass is 388 g/mol. The van der Waals surface area contributed by atoms with Gasteiger partial charge in [0.05, 0.1) is 30.1 Å². The molecule has 0 atom stereocenters. The molecule has 0 aliphatic carbocycles. The van der Waals surface area contributed by atoms with Crippen molar-refractivity contribution in [3.8, 4) is 0 Å². The fourth-order valence-electron chi connectivity index (χ4n) is 2.59. The van der Waals surface area contributed by atoms with Crippen LogP contribution in [0.15, 0.2) is 12.3 Å². The standard InChI is InChI=1S/C17H21ClN8O/c1-10-12(18)16-22-15(13(20-4)14(19)26(16)23-10)21-7-5-11-6-8-25(24-11)17(2,3)9-27/h6,8,27H,5,7,9,19H2,1-3H3,(H,21,22). The molecule has 0 amide bonds. The van der Waals surface area contributed by atoms with Gasteiger partial charge in [-0.3, -0.25) is 4.68 Å². The molecule has 3 aromatic heterocycles. The highest BCUT2D eigenvalue weighted by molar-refractivity contribution is 6.34. The number of aromatic nitrogens is 5. The molecule has 3 rings (SSSR count). The Morgan fingerprint density at radius 2 is 2.15 bits per heavy atom. The quantitative estimate of drug-likeness (QED) is 0.559. The van der Waals surface area contributed by atoms with E-state index in [4.69, 9.17) is 23.9 Å². The summed E-state index contributed by atoms with van der Waals surface area (Å²) in [5, 5.41) is 21.7. The molecule has 142 valence electrons. The molecule has 0 radical (unpaired) electrons. The summed E-state index contributed by atoms with van der Waals surface area (Å²) in [6, 6.07) is 1.90. The summed E-state index contributed by atoms with van der Waals surface area (Å²) in [5.41, 5.74) is 7.69. The summed E-state index contributed by atoms with van der Waals surface area (Å²) in [7, 11) is 0. The number of nitrogens with one attached hydrogen (secondary N) is 1. The van der Waals surface area contributed by atoms with Crippen LogP contribution in [0.3, 0.4) is 0 Å². The number of rotatable bonds is 6. The molecule has 9 nitrogen and oxygen atoms in total. The molecule has 4 N–H and O–H groups in total. The third kappa shape index (κ3) is 3.41. The largest absolute Gasteiger partial charge is 0.394 e. The van der Waals surface area contributed by atoms with Gasteiger partial charge in [0.15, 0.2) is 5.65 Å². The first kappa shape index (κ1) is 18.9. The summed E-state index contributed by atoms with van der Waals surface area (Å²) < 4.78 is 3.12. The van der Waals surface area contributed by atoms with E-state index in [0.29, 0.717) is 35.1 Å². The van der Waals surface area contributed by atoms with Crippen LogP contribution in [0, 0.1) is 13.5 Å². The fraction of sp³-hybridized carbons (Fsp3) is 0.412. The topological polar surface area (TPSA) is 111 Å². The number of anilines is 2. The van der Waals surface area contributed by atoms with E-state index in [-0.39, 0.29) is 18.1 Å². The predicted octanol–water partition coefficient (Wildman–Crippen LogP) is 2.40. The van der Waals surface area contributed by atoms with Gasteiger partial charge in [0, 0.05) is 19.2 Å². The Balaban J connectivity index is 1.79. The van der Waals surface area contributed by atoms with Gasteiger partial charge >= 0.3 is 0 Å². The third-order valence-electron chi connectivity index (χ3n) is 4.31. The highest BCUT2D eigenvalue weighted by Crippen LogP contribution is 2.33. The highest BCUT2D eigenvalue weighted by Gasteiger charge is 2.20. The molecule has 27 heavy (non-hydrogen) atoms. The number of aliphatic hydroxyl groups is 1. The van der Waals surface area contributed by atoms with Crippen LogP contribution < -0.4 is 11.1 Å². The van der Waals surface area contributed by atoms with E-state index >= 15 is 0 Å². The Labute approximate surface area is 161 Å². The molecular formula is C17H21ClN8O. The van der Waals surface area contributed by atoms with Gasteiger partial charge < -0.3 is 16.2 Å². The van der Waals surface area contributed by atoms with E-state index in [2.05, 4.69) is 25.3 Å². The van der Waals surface area contributed by atoms with Crippen LogP contribution in [0.25, 0.3) is 10.5 Å². The van der Waals surface area contributed by atoms with Gasteiger partial charge in [0.1, 0.15) is 16.7 Å². The van der Waals surface area contributed by atoms with Gasteiger partial charge in [0.2, 0.25) is 0 Å². The molecule has 0 saturated heterocycles. The molecule has 0 aliphatic heterocycles. The fourth-order valence-corrected chi connectivity index (χ4v) is 2.75. The predicted molar refractivity (Wildman–Crippen MR) is 104 cm³/mol. The zero-order valence-corrected chi connectivity index (χ0v) is 16.1. The first-order valence-electron chi connectivity index (χ1n) is 8.40. The summed E-state index contributed by atoms with van der Waals surface area (Å²) in [6.07, 6.45) is 2.46. The molecule has 0 spiro atoms. The van der Waals surface area contributed by atoms with Gasteiger partial charge in [0.25, 0.3) is 5.69 Å². The number of halogens is 1. The van der Waals surface area contributed by atoms with E-state index < -0.39 is 5.54 Å². The smallest absolute Gasteiger partial charge is 0.268 e. The molecular weight excluding hydrogens is 368 g/mol. The van der Waals surface area contributed by atoms with E-state index in [9.17, 15) is 5.11 Å². The lowest BCUT2D eigenvalue weighted by atomic mass is 10.1. The maximum absolute atomic E-state index is 9.44. The minimum atomic E-state index is -0.458. The molecule has 0 aliphatic rings. The van der Waals surface area contributed by atoms with Crippen molar-refractivity contribution < 1.29 is 5.11 Å². The number of hydrogen-bond acceptors (Lipinski definition) is 6. The zero-order chi connectivity index (χ0) is 19.8. The van der Waals surface area contributed by atoms with Gasteiger partial charge in [-0.25, -0.2) is 14.3 Å². The van der Waals surface area contributed by atoms with Crippen LogP contribution in [0.4, 0.5) is 17.3 Å². The number of nitrogens with zero attached hydrogens (tertiary/aromatic N) is 6. The van der Waals surface area contributed by atoms with E-state index in [0.717, 1.165) is 5.69 Å². The molecule has 0 fully saturated rings. The van der Waals surface area contributed by atoms with Gasteiger partial charge in [-0.05, 0) is 26.8 Å². The van der Waals surface area contributed by atoms with E-state index in [1.54, 1.807) is 11.6 Å². The van der Waals surface area contributed by atoms with Crippen LogP contribution in [-0.2, 0) is 12.0 Å². The van der Waals surface area contributed by atoms with Crippen LogP contribution in [0.1, 0.15) is 25.2 Å². The van der Waals surface area contributed by atoms with Crippen molar-refractivity contribution in [1.82, 2.24) is 24.4 Å². The van der Waals surface area contributed by atoms with Crippen LogP contribution >= 0.6 is 11.6 Å². The highest BCUT2D eigenvalue weighted by atomic mass is 35.5. The van der Waals surface area contributed by atoms with Crippen LogP contribution in [0.5, 0.6) is 0 Å². The first-order chi connectivity index (χ1) is 12.8. The number of nitrogens with two attached hydrogens (primary N) is 1. The second-order valence-electron chi connectivity index (χ2n) is 6.84. The Bertz CT molecular complexity index is 1030. The number of fused-ring (bicyclic) bond motifs is 1. The lowest BCUT2D eigenvalue weighted by Crippen LogP contribution is -2.31. The Kier molecular flexibility index (Phi) is 4.95. The van der Waals surface area contributed by atoms with E-state index in [1.807, 2.05) is 26.1 Å². The molecule has 0 aromatic carbocycles. The summed E-state index contributed by atoms with van der Waals surface area (Å²) >= 11 is 6.23. The molecule has 3 aromatic rings. The van der Waals surface area contributed by atoms with Crippen LogP contribution in [0.2, 0.25) is 5.02 Å². The number of hydrogen-bond donors (Lipinski definition) is 3. The first-order valence-corrected chi connectivity index (χ1v) is 8.78. The minimum Gasteiger partial charge on any atom is -0.394 e. The Morgan fingerprint density at radius 1 is 1.41 bits per heavy atom. The Hall–Kier alpha value is -2.83. The summed E-state index contributed by atoms with van der Waals surface area (Å²) in [4.78, 5) is 7.90. The molecule has 0 bridgehead atoms. The molecule has 10 heteroatoms. The molecule has 3 heterocycles. The number of nitrogen functional groups attached to an aromatic ring is 1. The average molecular weight is 389 g/mol. The van der Waals surface area contributed by atoms with Gasteiger partial charge in [-0.1, -0.05) is 11.6 Å². The van der Waals surface area contributed by atoms with Crippen molar-refractivity contribution in [2.24, 2.45) is 0 Å². The lowest BCUT2D eigenvalue weighted by molar-refractivity contribution is 0.152. The van der Waals surface area contributed by atoms with E-state index in [1.165, 1.54) is 4.52 Å². The summed E-state index contributed by atoms with van der Waals surface area (Å²) in [5.74, 6) is 0.563. The van der Waals surface area contributed by atoms with Crippen molar-refractivity contribution in [1.29, 1.82) is 0 Å². The third-order valence-corrected chi connectivity index (χ3v) is 4.76. The maximum Gasteiger partial charge on any atom is 0.268 e. The molecule has 0 saturated carbocycles. The summed E-state index contributed by atoms with van der Waals surface area (Å²) in [6.45, 7) is 13.5. The minimum absolute atomic E-state index is 0.00449. The SMILES string of the molecule is [C-]#[N+]c1c(NCCc2ccn(C(C)(C)CO)n2)nc2c(Cl)c(C)nn2c1N.